The van der Waals surface area contributed by atoms with E-state index >= 15 is 0 Å². The van der Waals surface area contributed by atoms with Crippen molar-refractivity contribution in [3.8, 4) is 44.9 Å². The van der Waals surface area contributed by atoms with E-state index in [2.05, 4.69) is 163 Å². The van der Waals surface area contributed by atoms with Gasteiger partial charge in [-0.05, 0) is 90.0 Å². The molecule has 286 valence electrons. The first-order valence-electron chi connectivity index (χ1n) is 20.3. The maximum atomic E-state index is 6.13. The Morgan fingerprint density at radius 2 is 1.03 bits per heavy atom. The molecule has 0 atom stereocenters. The van der Waals surface area contributed by atoms with Gasteiger partial charge in [0, 0.05) is 76.3 Å². The molecule has 0 fully saturated rings. The van der Waals surface area contributed by atoms with E-state index < -0.39 is 0 Å². The normalized spacial score (nSPS) is 11.6. The summed E-state index contributed by atoms with van der Waals surface area (Å²) in [5, 5.41) is 5.76. The third-order valence-electron chi connectivity index (χ3n) is 11.6. The van der Waals surface area contributed by atoms with Gasteiger partial charge in [0.25, 0.3) is 0 Å². The highest BCUT2D eigenvalue weighted by Crippen LogP contribution is 2.40. The highest BCUT2D eigenvalue weighted by Gasteiger charge is 2.17. The number of anilines is 3. The van der Waals surface area contributed by atoms with Crippen LogP contribution in [0.3, 0.4) is 0 Å². The molecule has 12 aromatic rings. The molecule has 0 radical (unpaired) electrons. The van der Waals surface area contributed by atoms with Crippen molar-refractivity contribution in [1.29, 1.82) is 0 Å². The molecule has 61 heavy (non-hydrogen) atoms. The quantitative estimate of drug-likeness (QED) is 0.161. The number of aromatic nitrogens is 3. The summed E-state index contributed by atoms with van der Waals surface area (Å²) < 4.78 is 8.75. The lowest BCUT2D eigenvalue weighted by molar-refractivity contribution is 0.654. The average Bonchev–Trinajstić information content (AvgIpc) is 3.90. The van der Waals surface area contributed by atoms with Crippen LogP contribution >= 0.6 is 11.3 Å². The maximum absolute atomic E-state index is 6.13. The Labute approximate surface area is 355 Å². The number of furan rings is 1. The van der Waals surface area contributed by atoms with Gasteiger partial charge in [0.2, 0.25) is 5.71 Å². The predicted molar refractivity (Wildman–Crippen MR) is 254 cm³/mol. The summed E-state index contributed by atoms with van der Waals surface area (Å²) in [6.07, 6.45) is 1.83. The first-order chi connectivity index (χ1) is 30.2. The van der Waals surface area contributed by atoms with Gasteiger partial charge in [-0.3, -0.25) is 4.98 Å². The zero-order valence-electron chi connectivity index (χ0n) is 32.7. The highest BCUT2D eigenvalue weighted by atomic mass is 32.1. The molecule has 0 amide bonds. The molecule has 0 bridgehead atoms. The Bertz CT molecular complexity index is 3420. The highest BCUT2D eigenvalue weighted by molar-refractivity contribution is 7.25. The Balaban J connectivity index is 0.923. The number of rotatable bonds is 7. The number of benzene rings is 7. The molecule has 5 nitrogen and oxygen atoms in total. The fraction of sp³-hybridized carbons (Fsp3) is 0. The summed E-state index contributed by atoms with van der Waals surface area (Å²) in [5.74, 6) is 0. The molecule has 0 spiro atoms. The lowest BCUT2D eigenvalue weighted by Crippen LogP contribution is -2.09. The number of para-hydroxylation sites is 1. The van der Waals surface area contributed by atoms with Crippen LogP contribution in [-0.2, 0) is 0 Å². The molecular weight excluding hydrogens is 765 g/mol. The maximum Gasteiger partial charge on any atom is 0.227 e. The average molecular weight is 799 g/mol. The van der Waals surface area contributed by atoms with Gasteiger partial charge in [0.05, 0.1) is 22.6 Å². The number of hydrogen-bond acceptors (Lipinski definition) is 6. The minimum absolute atomic E-state index is 0.643. The third kappa shape index (κ3) is 6.20. The summed E-state index contributed by atoms with van der Waals surface area (Å²) in [6.45, 7) is 0. The summed E-state index contributed by atoms with van der Waals surface area (Å²) in [7, 11) is 0. The number of pyridine rings is 3. The topological polar surface area (TPSA) is 55.1 Å². The van der Waals surface area contributed by atoms with Crippen LogP contribution < -0.4 is 4.90 Å². The SMILES string of the molecule is c1ccc(-c2nc(-c3ccc(N(c4ccc(-c5ccc6c(c5)sc5ccccc56)cc4)c4ccc(-c5ccc6c(n5)oc5ccccc56)cc4)cc3)cc3cccnc23)cc1. The second kappa shape index (κ2) is 14.4. The Morgan fingerprint density at radius 3 is 1.80 bits per heavy atom. The van der Waals surface area contributed by atoms with Crippen LogP contribution in [-0.4, -0.2) is 15.0 Å². The van der Waals surface area contributed by atoms with E-state index in [9.17, 15) is 0 Å². The number of thiophene rings is 1. The summed E-state index contributed by atoms with van der Waals surface area (Å²) in [6, 6.07) is 70.4. The fourth-order valence-corrected chi connectivity index (χ4v) is 9.66. The summed E-state index contributed by atoms with van der Waals surface area (Å²) in [4.78, 5) is 17.1. The van der Waals surface area contributed by atoms with Gasteiger partial charge in [-0.25, -0.2) is 9.97 Å². The summed E-state index contributed by atoms with van der Waals surface area (Å²) in [5.41, 5.74) is 13.6. The van der Waals surface area contributed by atoms with Crippen LogP contribution in [0, 0.1) is 0 Å². The van der Waals surface area contributed by atoms with Crippen molar-refractivity contribution in [3.05, 3.63) is 206 Å². The third-order valence-corrected chi connectivity index (χ3v) is 12.7. The predicted octanol–water partition coefficient (Wildman–Crippen LogP) is 15.4. The molecule has 12 rings (SSSR count). The fourth-order valence-electron chi connectivity index (χ4n) is 8.51. The van der Waals surface area contributed by atoms with E-state index in [0.717, 1.165) is 78.1 Å². The standard InChI is InChI=1S/C55H34N4OS/c1-2-9-38(10-3-1)54-53-40(11-8-32-56-53)33-49(57-54)37-20-27-43(28-21-37)59(41-23-16-35(17-24-41)39-22-29-46-45-13-5-7-15-51(45)61-52(46)34-39)42-25-18-36(19-26-42)48-31-30-47-44-12-4-6-14-50(44)60-55(47)58-48/h1-34H. The number of hydrogen-bond donors (Lipinski definition) is 0. The van der Waals surface area contributed by atoms with E-state index in [-0.39, 0.29) is 0 Å². The van der Waals surface area contributed by atoms with E-state index in [4.69, 9.17) is 19.4 Å². The second-order valence-electron chi connectivity index (χ2n) is 15.2. The Kier molecular flexibility index (Phi) is 8.28. The van der Waals surface area contributed by atoms with Gasteiger partial charge >= 0.3 is 0 Å². The largest absolute Gasteiger partial charge is 0.438 e. The van der Waals surface area contributed by atoms with Gasteiger partial charge in [-0.2, -0.15) is 0 Å². The van der Waals surface area contributed by atoms with Crippen molar-refractivity contribution < 1.29 is 4.42 Å². The molecular formula is C55H34N4OS. The van der Waals surface area contributed by atoms with Gasteiger partial charge in [0.15, 0.2) is 0 Å². The Morgan fingerprint density at radius 1 is 0.410 bits per heavy atom. The van der Waals surface area contributed by atoms with Gasteiger partial charge in [-0.15, -0.1) is 11.3 Å². The van der Waals surface area contributed by atoms with E-state index in [0.29, 0.717) is 5.71 Å². The lowest BCUT2D eigenvalue weighted by Gasteiger charge is -2.26. The number of fused-ring (bicyclic) bond motifs is 7. The molecule has 5 heterocycles. The van der Waals surface area contributed by atoms with E-state index in [1.165, 1.54) is 31.3 Å². The smallest absolute Gasteiger partial charge is 0.227 e. The van der Waals surface area contributed by atoms with Crippen LogP contribution in [0.25, 0.3) is 98.0 Å². The number of nitrogens with zero attached hydrogens (tertiary/aromatic N) is 4. The van der Waals surface area contributed by atoms with Crippen molar-refractivity contribution in [2.75, 3.05) is 4.90 Å². The molecule has 5 aromatic heterocycles. The molecule has 0 saturated carbocycles. The molecule has 0 aliphatic carbocycles. The molecule has 0 saturated heterocycles. The molecule has 0 unspecified atom stereocenters. The minimum Gasteiger partial charge on any atom is -0.438 e. The van der Waals surface area contributed by atoms with E-state index in [1.807, 2.05) is 60.0 Å². The minimum atomic E-state index is 0.643. The van der Waals surface area contributed by atoms with Crippen molar-refractivity contribution in [2.45, 2.75) is 0 Å². The van der Waals surface area contributed by atoms with Gasteiger partial charge in [0.1, 0.15) is 5.58 Å². The van der Waals surface area contributed by atoms with Crippen LogP contribution in [0.4, 0.5) is 17.1 Å². The first-order valence-corrected chi connectivity index (χ1v) is 21.1. The summed E-state index contributed by atoms with van der Waals surface area (Å²) >= 11 is 1.85. The molecule has 6 heteroatoms. The zero-order chi connectivity index (χ0) is 40.3. The molecule has 0 aliphatic rings. The van der Waals surface area contributed by atoms with Crippen molar-refractivity contribution >= 4 is 81.5 Å². The van der Waals surface area contributed by atoms with Crippen LogP contribution in [0.1, 0.15) is 0 Å². The second-order valence-corrected chi connectivity index (χ2v) is 16.3. The van der Waals surface area contributed by atoms with E-state index in [1.54, 1.807) is 0 Å². The first kappa shape index (κ1) is 35.1. The van der Waals surface area contributed by atoms with Crippen molar-refractivity contribution in [1.82, 2.24) is 15.0 Å². The van der Waals surface area contributed by atoms with Crippen LogP contribution in [0.5, 0.6) is 0 Å². The van der Waals surface area contributed by atoms with Gasteiger partial charge in [-0.1, -0.05) is 121 Å². The van der Waals surface area contributed by atoms with Crippen LogP contribution in [0.15, 0.2) is 211 Å². The van der Waals surface area contributed by atoms with Crippen LogP contribution in [0.2, 0.25) is 0 Å². The monoisotopic (exact) mass is 798 g/mol. The molecule has 7 aromatic carbocycles. The van der Waals surface area contributed by atoms with Gasteiger partial charge < -0.3 is 9.32 Å². The lowest BCUT2D eigenvalue weighted by atomic mass is 10.0. The molecule has 0 aliphatic heterocycles. The zero-order valence-corrected chi connectivity index (χ0v) is 33.6. The molecule has 0 N–H and O–H groups in total. The Hall–Kier alpha value is -7.93. The van der Waals surface area contributed by atoms with Crippen molar-refractivity contribution in [2.24, 2.45) is 0 Å². The van der Waals surface area contributed by atoms with Crippen molar-refractivity contribution in [3.63, 3.8) is 0 Å².